The molecular formula is C12H13NO2. The van der Waals surface area contributed by atoms with Gasteiger partial charge >= 0.3 is 0 Å². The van der Waals surface area contributed by atoms with Gasteiger partial charge in [0.25, 0.3) is 0 Å². The molecule has 1 heterocycles. The van der Waals surface area contributed by atoms with Crippen molar-refractivity contribution in [1.82, 2.24) is 0 Å². The van der Waals surface area contributed by atoms with Gasteiger partial charge in [0.1, 0.15) is 0 Å². The lowest BCUT2D eigenvalue weighted by Crippen LogP contribution is -2.17. The number of anilines is 1. The summed E-state index contributed by atoms with van der Waals surface area (Å²) in [6, 6.07) is 5.57. The summed E-state index contributed by atoms with van der Waals surface area (Å²) in [6.45, 7) is 2.58. The molecule has 1 aromatic rings. The number of nitrogens with zero attached hydrogens (tertiary/aromatic N) is 1. The van der Waals surface area contributed by atoms with Gasteiger partial charge in [-0.15, -0.1) is 0 Å². The summed E-state index contributed by atoms with van der Waals surface area (Å²) in [5, 5.41) is 0. The molecule has 0 aliphatic carbocycles. The van der Waals surface area contributed by atoms with Crippen molar-refractivity contribution in [3.63, 3.8) is 0 Å². The van der Waals surface area contributed by atoms with E-state index in [1.807, 2.05) is 19.1 Å². The van der Waals surface area contributed by atoms with Crippen molar-refractivity contribution in [3.05, 3.63) is 29.3 Å². The molecule has 0 saturated carbocycles. The number of hydrogen-bond donors (Lipinski definition) is 0. The molecule has 2 rings (SSSR count). The van der Waals surface area contributed by atoms with Crippen molar-refractivity contribution < 1.29 is 9.59 Å². The van der Waals surface area contributed by atoms with E-state index in [1.165, 1.54) is 0 Å². The van der Waals surface area contributed by atoms with E-state index in [-0.39, 0.29) is 5.78 Å². The molecule has 78 valence electrons. The average molecular weight is 203 g/mol. The average Bonchev–Trinajstić information content (AvgIpc) is 2.69. The number of carbonyl (C=O) groups is 2. The van der Waals surface area contributed by atoms with E-state index in [2.05, 4.69) is 0 Å². The standard InChI is InChI=1S/C12H13NO2/c1-2-12(15)10-3-4-11-9(7-10)5-6-13(11)8-14/h3-4,7-8H,2,5-6H2,1H3. The molecule has 1 amide bonds. The van der Waals surface area contributed by atoms with E-state index in [9.17, 15) is 9.59 Å². The molecule has 0 bridgehead atoms. The normalized spacial score (nSPS) is 13.8. The number of Topliss-reactive ketones (excluding diaryl/α,β-unsaturated/α-hetero) is 1. The first-order valence-corrected chi connectivity index (χ1v) is 5.14. The Balaban J connectivity index is 2.37. The van der Waals surface area contributed by atoms with Crippen molar-refractivity contribution in [2.45, 2.75) is 19.8 Å². The fourth-order valence-electron chi connectivity index (χ4n) is 1.91. The number of rotatable bonds is 3. The number of hydrogen-bond acceptors (Lipinski definition) is 2. The monoisotopic (exact) mass is 203 g/mol. The second-order valence-electron chi connectivity index (χ2n) is 3.67. The maximum Gasteiger partial charge on any atom is 0.214 e. The molecule has 0 saturated heterocycles. The Bertz CT molecular complexity index is 412. The Morgan fingerprint density at radius 3 is 3.00 bits per heavy atom. The van der Waals surface area contributed by atoms with Crippen molar-refractivity contribution >= 4 is 17.9 Å². The molecule has 0 atom stereocenters. The smallest absolute Gasteiger partial charge is 0.214 e. The molecule has 1 aromatic carbocycles. The maximum atomic E-state index is 11.5. The Morgan fingerprint density at radius 2 is 2.33 bits per heavy atom. The van der Waals surface area contributed by atoms with E-state index < -0.39 is 0 Å². The molecular weight excluding hydrogens is 190 g/mol. The molecule has 0 radical (unpaired) electrons. The Hall–Kier alpha value is -1.64. The summed E-state index contributed by atoms with van der Waals surface area (Å²) < 4.78 is 0. The highest BCUT2D eigenvalue weighted by Gasteiger charge is 2.19. The van der Waals surface area contributed by atoms with Crippen molar-refractivity contribution in [3.8, 4) is 0 Å². The Kier molecular flexibility index (Phi) is 2.54. The van der Waals surface area contributed by atoms with Gasteiger partial charge < -0.3 is 4.90 Å². The van der Waals surface area contributed by atoms with Gasteiger partial charge in [0, 0.05) is 24.2 Å². The number of carbonyl (C=O) groups excluding carboxylic acids is 2. The molecule has 1 aliphatic heterocycles. The van der Waals surface area contributed by atoms with Gasteiger partial charge in [-0.25, -0.2) is 0 Å². The van der Waals surface area contributed by atoms with Gasteiger partial charge in [-0.1, -0.05) is 6.92 Å². The van der Waals surface area contributed by atoms with E-state index in [4.69, 9.17) is 0 Å². The van der Waals surface area contributed by atoms with Crippen LogP contribution in [0.2, 0.25) is 0 Å². The first-order chi connectivity index (χ1) is 7.26. The molecule has 0 spiro atoms. The molecule has 15 heavy (non-hydrogen) atoms. The van der Waals surface area contributed by atoms with E-state index >= 15 is 0 Å². The zero-order chi connectivity index (χ0) is 10.8. The summed E-state index contributed by atoms with van der Waals surface area (Å²) in [4.78, 5) is 23.9. The molecule has 1 aliphatic rings. The Labute approximate surface area is 88.7 Å². The minimum absolute atomic E-state index is 0.155. The molecule has 3 heteroatoms. The second-order valence-corrected chi connectivity index (χ2v) is 3.67. The number of amides is 1. The third-order valence-corrected chi connectivity index (χ3v) is 2.78. The SMILES string of the molecule is CCC(=O)c1ccc2c(c1)CCN2C=O. The molecule has 0 aromatic heterocycles. The van der Waals surface area contributed by atoms with Crippen LogP contribution in [0.25, 0.3) is 0 Å². The topological polar surface area (TPSA) is 37.4 Å². The first kappa shape index (κ1) is 9.90. The van der Waals surface area contributed by atoms with Crippen LogP contribution in [0.5, 0.6) is 0 Å². The third kappa shape index (κ3) is 1.65. The van der Waals surface area contributed by atoms with Gasteiger partial charge in [-0.2, -0.15) is 0 Å². The number of fused-ring (bicyclic) bond motifs is 1. The Morgan fingerprint density at radius 1 is 1.53 bits per heavy atom. The predicted molar refractivity (Wildman–Crippen MR) is 58.2 cm³/mol. The van der Waals surface area contributed by atoms with Crippen molar-refractivity contribution in [2.75, 3.05) is 11.4 Å². The minimum Gasteiger partial charge on any atom is -0.314 e. The summed E-state index contributed by atoms with van der Waals surface area (Å²) >= 11 is 0. The fourth-order valence-corrected chi connectivity index (χ4v) is 1.91. The van der Waals surface area contributed by atoms with Gasteiger partial charge in [-0.3, -0.25) is 9.59 Å². The lowest BCUT2D eigenvalue weighted by atomic mass is 10.0. The van der Waals surface area contributed by atoms with Gasteiger partial charge in [0.15, 0.2) is 5.78 Å². The van der Waals surface area contributed by atoms with Gasteiger partial charge in [-0.05, 0) is 30.2 Å². The zero-order valence-electron chi connectivity index (χ0n) is 8.69. The van der Waals surface area contributed by atoms with E-state index in [0.717, 1.165) is 36.2 Å². The van der Waals surface area contributed by atoms with E-state index in [0.29, 0.717) is 6.42 Å². The first-order valence-electron chi connectivity index (χ1n) is 5.14. The van der Waals surface area contributed by atoms with Crippen LogP contribution in [0, 0.1) is 0 Å². The lowest BCUT2D eigenvalue weighted by Gasteiger charge is -2.09. The summed E-state index contributed by atoms with van der Waals surface area (Å²) in [5.41, 5.74) is 2.79. The predicted octanol–water partition coefficient (Wildman–Crippen LogP) is 1.80. The second kappa shape index (κ2) is 3.85. The highest BCUT2D eigenvalue weighted by atomic mass is 16.1. The highest BCUT2D eigenvalue weighted by Crippen LogP contribution is 2.27. The zero-order valence-corrected chi connectivity index (χ0v) is 8.69. The van der Waals surface area contributed by atoms with Crippen LogP contribution in [-0.2, 0) is 11.2 Å². The van der Waals surface area contributed by atoms with Gasteiger partial charge in [0.05, 0.1) is 0 Å². The van der Waals surface area contributed by atoms with Crippen LogP contribution in [0.1, 0.15) is 29.3 Å². The van der Waals surface area contributed by atoms with Crippen LogP contribution in [0.15, 0.2) is 18.2 Å². The minimum atomic E-state index is 0.155. The lowest BCUT2D eigenvalue weighted by molar-refractivity contribution is -0.107. The van der Waals surface area contributed by atoms with Crippen LogP contribution in [-0.4, -0.2) is 18.7 Å². The van der Waals surface area contributed by atoms with E-state index in [1.54, 1.807) is 11.0 Å². The van der Waals surface area contributed by atoms with Crippen molar-refractivity contribution in [2.24, 2.45) is 0 Å². The largest absolute Gasteiger partial charge is 0.314 e. The fraction of sp³-hybridized carbons (Fsp3) is 0.333. The molecule has 0 unspecified atom stereocenters. The summed E-state index contributed by atoms with van der Waals surface area (Å²) in [5.74, 6) is 0.155. The third-order valence-electron chi connectivity index (χ3n) is 2.78. The van der Waals surface area contributed by atoms with Crippen LogP contribution in [0.4, 0.5) is 5.69 Å². The van der Waals surface area contributed by atoms with Crippen LogP contribution in [0.3, 0.4) is 0 Å². The molecule has 0 N–H and O–H groups in total. The molecule has 3 nitrogen and oxygen atoms in total. The summed E-state index contributed by atoms with van der Waals surface area (Å²) in [7, 11) is 0. The van der Waals surface area contributed by atoms with Crippen LogP contribution < -0.4 is 4.90 Å². The van der Waals surface area contributed by atoms with Gasteiger partial charge in [0.2, 0.25) is 6.41 Å². The maximum absolute atomic E-state index is 11.5. The quantitative estimate of drug-likeness (QED) is 0.555. The molecule has 0 fully saturated rings. The van der Waals surface area contributed by atoms with Crippen LogP contribution >= 0.6 is 0 Å². The van der Waals surface area contributed by atoms with Crippen molar-refractivity contribution in [1.29, 1.82) is 0 Å². The number of benzene rings is 1. The summed E-state index contributed by atoms with van der Waals surface area (Å²) in [6.07, 6.45) is 2.21. The highest BCUT2D eigenvalue weighted by molar-refractivity contribution is 5.97. The number of ketones is 1.